The van der Waals surface area contributed by atoms with E-state index in [4.69, 9.17) is 11.6 Å². The quantitative estimate of drug-likeness (QED) is 0.876. The molecule has 1 unspecified atom stereocenters. The second-order valence-electron chi connectivity index (χ2n) is 5.43. The number of benzene rings is 1. The molecule has 0 aliphatic rings. The van der Waals surface area contributed by atoms with Crippen LogP contribution >= 0.6 is 11.6 Å². The summed E-state index contributed by atoms with van der Waals surface area (Å²) in [6.45, 7) is 5.86. The third-order valence-electron chi connectivity index (χ3n) is 3.68. The van der Waals surface area contributed by atoms with E-state index < -0.39 is 14.6 Å². The third-order valence-corrected chi connectivity index (χ3v) is 6.24. The van der Waals surface area contributed by atoms with Gasteiger partial charge in [-0.15, -0.1) is 0 Å². The second kappa shape index (κ2) is 6.41. The molecule has 1 aromatic carbocycles. The Labute approximate surface area is 125 Å². The van der Waals surface area contributed by atoms with Crippen LogP contribution in [0.5, 0.6) is 0 Å². The molecule has 3 nitrogen and oxygen atoms in total. The molecule has 0 amide bonds. The molecule has 1 N–H and O–H groups in total. The summed E-state index contributed by atoms with van der Waals surface area (Å²) in [4.78, 5) is 0. The lowest BCUT2D eigenvalue weighted by molar-refractivity contribution is 0.413. The number of nitrogens with one attached hydrogen (secondary N) is 1. The largest absolute Gasteiger partial charge is 0.312 e. The lowest BCUT2D eigenvalue weighted by Gasteiger charge is -2.33. The SMILES string of the molecule is CCNC(Cc1cc(F)ccc1Cl)C(C)(C)S(C)(=O)=O. The van der Waals surface area contributed by atoms with Gasteiger partial charge in [-0.25, -0.2) is 12.8 Å². The van der Waals surface area contributed by atoms with E-state index in [0.717, 1.165) is 0 Å². The van der Waals surface area contributed by atoms with Crippen molar-refractivity contribution in [2.45, 2.75) is 38.0 Å². The molecule has 6 heteroatoms. The van der Waals surface area contributed by atoms with Crippen molar-refractivity contribution in [3.8, 4) is 0 Å². The van der Waals surface area contributed by atoms with Gasteiger partial charge in [0, 0.05) is 17.3 Å². The van der Waals surface area contributed by atoms with Gasteiger partial charge >= 0.3 is 0 Å². The molecule has 0 aliphatic heterocycles. The third kappa shape index (κ3) is 3.93. The van der Waals surface area contributed by atoms with Gasteiger partial charge in [0.2, 0.25) is 0 Å². The van der Waals surface area contributed by atoms with Gasteiger partial charge in [0.25, 0.3) is 0 Å². The molecule has 1 rings (SSSR count). The van der Waals surface area contributed by atoms with Crippen molar-refractivity contribution in [2.75, 3.05) is 12.8 Å². The minimum atomic E-state index is -3.27. The summed E-state index contributed by atoms with van der Waals surface area (Å²) in [5, 5.41) is 3.61. The fraction of sp³-hybridized carbons (Fsp3) is 0.571. The molecule has 0 saturated heterocycles. The maximum Gasteiger partial charge on any atom is 0.154 e. The van der Waals surface area contributed by atoms with Crippen LogP contribution in [0.1, 0.15) is 26.3 Å². The first-order chi connectivity index (χ1) is 9.09. The van der Waals surface area contributed by atoms with Crippen LogP contribution in [0.3, 0.4) is 0 Å². The van der Waals surface area contributed by atoms with Gasteiger partial charge in [0.05, 0.1) is 4.75 Å². The summed E-state index contributed by atoms with van der Waals surface area (Å²) in [5.41, 5.74) is 0.606. The van der Waals surface area contributed by atoms with Crippen LogP contribution in [0.2, 0.25) is 5.02 Å². The van der Waals surface area contributed by atoms with Crippen LogP contribution in [-0.2, 0) is 16.3 Å². The van der Waals surface area contributed by atoms with Crippen molar-refractivity contribution in [2.24, 2.45) is 0 Å². The van der Waals surface area contributed by atoms with E-state index in [1.54, 1.807) is 13.8 Å². The van der Waals surface area contributed by atoms with Gasteiger partial charge in [-0.1, -0.05) is 18.5 Å². The Morgan fingerprint density at radius 2 is 2.00 bits per heavy atom. The highest BCUT2D eigenvalue weighted by Crippen LogP contribution is 2.26. The van der Waals surface area contributed by atoms with E-state index >= 15 is 0 Å². The van der Waals surface area contributed by atoms with Crippen molar-refractivity contribution >= 4 is 21.4 Å². The summed E-state index contributed by atoms with van der Waals surface area (Å²) >= 11 is 6.06. The Bertz CT molecular complexity index is 573. The number of likely N-dealkylation sites (N-methyl/N-ethyl adjacent to an activating group) is 1. The Hall–Kier alpha value is -0.650. The lowest BCUT2D eigenvalue weighted by Crippen LogP contribution is -2.52. The molecular weight excluding hydrogens is 301 g/mol. The normalized spacial score (nSPS) is 14.3. The summed E-state index contributed by atoms with van der Waals surface area (Å²) < 4.78 is 36.3. The van der Waals surface area contributed by atoms with Crippen LogP contribution in [-0.4, -0.2) is 32.0 Å². The molecule has 0 heterocycles. The zero-order chi connectivity index (χ0) is 15.6. The zero-order valence-corrected chi connectivity index (χ0v) is 13.8. The van der Waals surface area contributed by atoms with Gasteiger partial charge in [-0.3, -0.25) is 0 Å². The predicted octanol–water partition coefficient (Wildman–Crippen LogP) is 2.82. The molecule has 0 radical (unpaired) electrons. The molecule has 0 aliphatic carbocycles. The first-order valence-electron chi connectivity index (χ1n) is 6.46. The maximum atomic E-state index is 13.3. The van der Waals surface area contributed by atoms with Crippen LogP contribution < -0.4 is 5.32 Å². The smallest absolute Gasteiger partial charge is 0.154 e. The lowest BCUT2D eigenvalue weighted by atomic mass is 9.95. The number of sulfone groups is 1. The summed E-state index contributed by atoms with van der Waals surface area (Å²) in [5.74, 6) is -0.378. The Balaban J connectivity index is 3.13. The van der Waals surface area contributed by atoms with E-state index in [2.05, 4.69) is 5.32 Å². The van der Waals surface area contributed by atoms with Crippen LogP contribution in [0.25, 0.3) is 0 Å². The van der Waals surface area contributed by atoms with Crippen molar-refractivity contribution in [1.29, 1.82) is 0 Å². The number of hydrogen-bond donors (Lipinski definition) is 1. The summed E-state index contributed by atoms with van der Waals surface area (Å²) in [6.07, 6.45) is 1.56. The molecule has 1 atom stereocenters. The molecule has 0 saturated carbocycles. The summed E-state index contributed by atoms with van der Waals surface area (Å²) in [7, 11) is -3.27. The topological polar surface area (TPSA) is 46.2 Å². The van der Waals surface area contributed by atoms with E-state index in [1.807, 2.05) is 6.92 Å². The average molecular weight is 322 g/mol. The number of rotatable bonds is 6. The van der Waals surface area contributed by atoms with Crippen molar-refractivity contribution in [3.63, 3.8) is 0 Å². The van der Waals surface area contributed by atoms with Gasteiger partial charge in [0.15, 0.2) is 9.84 Å². The summed E-state index contributed by atoms with van der Waals surface area (Å²) in [6, 6.07) is 3.78. The maximum absolute atomic E-state index is 13.3. The monoisotopic (exact) mass is 321 g/mol. The van der Waals surface area contributed by atoms with Crippen LogP contribution in [0.4, 0.5) is 4.39 Å². The fourth-order valence-corrected chi connectivity index (χ4v) is 2.87. The van der Waals surface area contributed by atoms with Crippen molar-refractivity contribution in [3.05, 3.63) is 34.6 Å². The Morgan fingerprint density at radius 1 is 1.40 bits per heavy atom. The number of hydrogen-bond acceptors (Lipinski definition) is 3. The first-order valence-corrected chi connectivity index (χ1v) is 8.73. The molecule has 0 fully saturated rings. The van der Waals surface area contributed by atoms with E-state index in [1.165, 1.54) is 24.5 Å². The van der Waals surface area contributed by atoms with Crippen molar-refractivity contribution < 1.29 is 12.8 Å². The minimum Gasteiger partial charge on any atom is -0.312 e. The average Bonchev–Trinajstić information content (AvgIpc) is 2.31. The van der Waals surface area contributed by atoms with E-state index in [-0.39, 0.29) is 11.9 Å². The van der Waals surface area contributed by atoms with Crippen LogP contribution in [0.15, 0.2) is 18.2 Å². The van der Waals surface area contributed by atoms with Gasteiger partial charge < -0.3 is 5.32 Å². The van der Waals surface area contributed by atoms with Crippen LogP contribution in [0, 0.1) is 5.82 Å². The van der Waals surface area contributed by atoms with Crippen molar-refractivity contribution in [1.82, 2.24) is 5.32 Å². The zero-order valence-electron chi connectivity index (χ0n) is 12.2. The fourth-order valence-electron chi connectivity index (χ4n) is 1.99. The minimum absolute atomic E-state index is 0.346. The highest BCUT2D eigenvalue weighted by molar-refractivity contribution is 7.92. The Morgan fingerprint density at radius 3 is 2.50 bits per heavy atom. The molecule has 0 spiro atoms. The molecule has 1 aromatic rings. The second-order valence-corrected chi connectivity index (χ2v) is 8.43. The molecule has 114 valence electrons. The first kappa shape index (κ1) is 17.4. The molecule has 0 aromatic heterocycles. The predicted molar refractivity (Wildman–Crippen MR) is 81.5 cm³/mol. The standard InChI is InChI=1S/C14H21ClFNO2S/c1-5-17-13(14(2,3)20(4,18)19)9-10-8-11(16)6-7-12(10)15/h6-8,13,17H,5,9H2,1-4H3. The van der Waals surface area contributed by atoms with Gasteiger partial charge in [0.1, 0.15) is 5.82 Å². The molecule has 20 heavy (non-hydrogen) atoms. The van der Waals surface area contributed by atoms with Gasteiger partial charge in [-0.2, -0.15) is 0 Å². The number of halogens is 2. The highest BCUT2D eigenvalue weighted by atomic mass is 35.5. The highest BCUT2D eigenvalue weighted by Gasteiger charge is 2.38. The van der Waals surface area contributed by atoms with E-state index in [9.17, 15) is 12.8 Å². The van der Waals surface area contributed by atoms with E-state index in [0.29, 0.717) is 23.6 Å². The molecule has 0 bridgehead atoms. The molecular formula is C14H21ClFNO2S. The van der Waals surface area contributed by atoms with Gasteiger partial charge in [-0.05, 0) is 50.6 Å². The Kier molecular flexibility index (Phi) is 5.58.